The fourth-order valence-corrected chi connectivity index (χ4v) is 66.4. The summed E-state index contributed by atoms with van der Waals surface area (Å²) in [5.41, 5.74) is 1.45. The number of hydrogen-bond acceptors (Lipinski definition) is 1. The molecule has 0 nitrogen and oxygen atoms in total. The van der Waals surface area contributed by atoms with Crippen molar-refractivity contribution in [2.24, 2.45) is 21.7 Å². The number of halogens is 2. The molecule has 5 aliphatic heterocycles. The summed E-state index contributed by atoms with van der Waals surface area (Å²) >= 11 is 11.5. The summed E-state index contributed by atoms with van der Waals surface area (Å²) in [6, 6.07) is 0. The summed E-state index contributed by atoms with van der Waals surface area (Å²) < 4.78 is 0. The highest BCUT2D eigenvalue weighted by Crippen LogP contribution is 3.36. The first-order chi connectivity index (χ1) is 11.8. The SMILES string of the molecule is CC(C)(C)C12P3SP(Br)[C@@]4(C(C)(C)C)P1[C@]2(C(C)(C)C)P(Br)[C@]34C(C)(C)C. The van der Waals surface area contributed by atoms with Crippen LogP contribution in [0.2, 0.25) is 0 Å². The van der Waals surface area contributed by atoms with E-state index < -0.39 is 0 Å². The van der Waals surface area contributed by atoms with Crippen molar-refractivity contribution in [3.63, 3.8) is 0 Å². The Balaban J connectivity index is 2.19. The van der Waals surface area contributed by atoms with Gasteiger partial charge in [-0.25, -0.2) is 0 Å². The van der Waals surface area contributed by atoms with Gasteiger partial charge in [0.1, 0.15) is 0 Å². The van der Waals surface area contributed by atoms with E-state index in [9.17, 15) is 0 Å². The molecule has 5 aliphatic rings. The van der Waals surface area contributed by atoms with Gasteiger partial charge in [0.15, 0.2) is 0 Å². The van der Waals surface area contributed by atoms with Gasteiger partial charge in [-0.3, -0.25) is 0 Å². The van der Waals surface area contributed by atoms with Crippen LogP contribution in [0.3, 0.4) is 0 Å². The third-order valence-electron chi connectivity index (χ3n) is 7.64. The molecule has 0 radical (unpaired) electrons. The minimum atomic E-state index is -0.217. The molecule has 5 heterocycles. The van der Waals surface area contributed by atoms with E-state index in [1.807, 2.05) is 0 Å². The van der Waals surface area contributed by atoms with Crippen molar-refractivity contribution >= 4 is 69.5 Å². The molecule has 0 saturated carbocycles. The van der Waals surface area contributed by atoms with Crippen LogP contribution >= 0.6 is 69.5 Å². The molecule has 0 aromatic heterocycles. The molecule has 6 bridgehead atoms. The lowest BCUT2D eigenvalue weighted by molar-refractivity contribution is 0.253. The summed E-state index contributed by atoms with van der Waals surface area (Å²) in [6.45, 7) is 30.9. The van der Waals surface area contributed by atoms with Crippen LogP contribution in [0.4, 0.5) is 0 Å². The molecule has 8 atom stereocenters. The Morgan fingerprint density at radius 3 is 1.22 bits per heavy atom. The minimum Gasteiger partial charge on any atom is -0.0920 e. The van der Waals surface area contributed by atoms with E-state index in [2.05, 4.69) is 125 Å². The van der Waals surface area contributed by atoms with Crippen LogP contribution in [0, 0.1) is 21.7 Å². The Kier molecular flexibility index (Phi) is 4.78. The molecule has 0 N–H and O–H groups in total. The number of hydrogen-bond donors (Lipinski definition) is 0. The highest BCUT2D eigenvalue weighted by molar-refractivity contribution is 9.52. The molecule has 5 saturated heterocycles. The van der Waals surface area contributed by atoms with Gasteiger partial charge in [0.05, 0.1) is 9.79 Å². The first-order valence-electron chi connectivity index (χ1n) is 9.99. The molecule has 0 amide bonds. The van der Waals surface area contributed by atoms with E-state index in [0.717, 1.165) is 0 Å². The van der Waals surface area contributed by atoms with Gasteiger partial charge in [0, 0.05) is 15.6 Å². The largest absolute Gasteiger partial charge is 0.0920 e. The van der Waals surface area contributed by atoms with Crippen LogP contribution in [0.5, 0.6) is 0 Å². The Morgan fingerprint density at radius 1 is 0.556 bits per heavy atom. The van der Waals surface area contributed by atoms with E-state index in [1.165, 1.54) is 0 Å². The van der Waals surface area contributed by atoms with Crippen LogP contribution in [0.15, 0.2) is 0 Å². The Bertz CT molecular complexity index is 683. The van der Waals surface area contributed by atoms with Gasteiger partial charge in [-0.1, -0.05) is 117 Å². The maximum absolute atomic E-state index is 4.62. The molecular formula is C20H36Br2P4S. The van der Waals surface area contributed by atoms with Crippen molar-refractivity contribution in [1.29, 1.82) is 0 Å². The lowest BCUT2D eigenvalue weighted by Crippen LogP contribution is -2.53. The van der Waals surface area contributed by atoms with E-state index in [1.54, 1.807) is 0 Å². The van der Waals surface area contributed by atoms with Crippen molar-refractivity contribution in [2.45, 2.75) is 103 Å². The van der Waals surface area contributed by atoms with E-state index in [0.29, 0.717) is 41.2 Å². The lowest BCUT2D eigenvalue weighted by Gasteiger charge is -2.56. The smallest absolute Gasteiger partial charge is 0.0521 e. The first kappa shape index (κ1) is 23.2. The van der Waals surface area contributed by atoms with E-state index in [-0.39, 0.29) is 27.5 Å². The molecule has 5 fully saturated rings. The second-order valence-electron chi connectivity index (χ2n) is 12.9. The normalized spacial score (nSPS) is 54.0. The van der Waals surface area contributed by atoms with Gasteiger partial charge in [-0.2, -0.15) is 0 Å². The summed E-state index contributed by atoms with van der Waals surface area (Å²) in [4.78, 5) is 2.08. The maximum Gasteiger partial charge on any atom is 0.0521 e. The Morgan fingerprint density at radius 2 is 0.926 bits per heavy atom. The Hall–Kier alpha value is 3.03. The van der Waals surface area contributed by atoms with Gasteiger partial charge in [0.2, 0.25) is 0 Å². The number of rotatable bonds is 0. The van der Waals surface area contributed by atoms with Crippen molar-refractivity contribution < 1.29 is 0 Å². The standard InChI is InChI=1S/C20H36Br2P4S/c1-13(2,3)17-18(14(4,5)6)23(17)19(15(7,8)9)20(24(17)21,16(10,11)12)25(18)27-26(19)22/h1-12H3/t17-,18?,19-,20-,23?,24?,25?,26?/m1/s1. The zero-order valence-electron chi connectivity index (χ0n) is 19.0. The van der Waals surface area contributed by atoms with Crippen LogP contribution in [0.1, 0.15) is 83.1 Å². The van der Waals surface area contributed by atoms with Crippen molar-refractivity contribution in [3.05, 3.63) is 0 Å². The maximum atomic E-state index is 4.62. The average molecular weight is 592 g/mol. The predicted octanol–water partition coefficient (Wildman–Crippen LogP) is 11.1. The predicted molar refractivity (Wildman–Crippen MR) is 142 cm³/mol. The molecular weight excluding hydrogens is 556 g/mol. The second-order valence-corrected chi connectivity index (χ2v) is 32.0. The zero-order chi connectivity index (χ0) is 21.0. The van der Waals surface area contributed by atoms with Gasteiger partial charge < -0.3 is 0 Å². The van der Waals surface area contributed by atoms with E-state index >= 15 is 0 Å². The minimum absolute atomic E-state index is 0.0359. The van der Waals surface area contributed by atoms with Crippen molar-refractivity contribution in [3.8, 4) is 0 Å². The fraction of sp³-hybridized carbons (Fsp3) is 1.00. The monoisotopic (exact) mass is 590 g/mol. The molecule has 156 valence electrons. The van der Waals surface area contributed by atoms with Crippen molar-refractivity contribution in [2.75, 3.05) is 0 Å². The summed E-state index contributed by atoms with van der Waals surface area (Å²) in [6.07, 6.45) is 0. The topological polar surface area (TPSA) is 0 Å². The molecule has 5 rings (SSSR count). The van der Waals surface area contributed by atoms with Gasteiger partial charge in [-0.05, 0) is 50.9 Å². The first-order valence-corrected chi connectivity index (χ1v) is 21.4. The molecule has 5 unspecified atom stereocenters. The van der Waals surface area contributed by atoms with Crippen molar-refractivity contribution in [1.82, 2.24) is 0 Å². The molecule has 0 spiro atoms. The molecule has 7 heteroatoms. The molecule has 0 aromatic carbocycles. The van der Waals surface area contributed by atoms with Crippen LogP contribution in [-0.2, 0) is 0 Å². The third kappa shape index (κ3) is 1.85. The zero-order valence-corrected chi connectivity index (χ0v) is 26.5. The molecule has 0 aromatic rings. The molecule has 27 heavy (non-hydrogen) atoms. The van der Waals surface area contributed by atoms with Gasteiger partial charge in [0.25, 0.3) is 0 Å². The third-order valence-corrected chi connectivity index (χ3v) is 44.7. The lowest BCUT2D eigenvalue weighted by atomic mass is 9.78. The van der Waals surface area contributed by atoms with Gasteiger partial charge >= 0.3 is 0 Å². The second kappa shape index (κ2) is 5.56. The van der Waals surface area contributed by atoms with Crippen LogP contribution < -0.4 is 0 Å². The average Bonchev–Trinajstić information content (AvgIpc) is 2.60. The van der Waals surface area contributed by atoms with Crippen LogP contribution in [0.25, 0.3) is 0 Å². The van der Waals surface area contributed by atoms with Gasteiger partial charge in [-0.15, -0.1) is 0 Å². The van der Waals surface area contributed by atoms with Crippen LogP contribution in [-0.4, -0.2) is 19.6 Å². The highest BCUT2D eigenvalue weighted by Gasteiger charge is 3.11. The fourth-order valence-electron chi connectivity index (χ4n) is 7.25. The summed E-state index contributed by atoms with van der Waals surface area (Å²) in [5.74, 6) is -0.171. The molecule has 0 aliphatic carbocycles. The quantitative estimate of drug-likeness (QED) is 0.252. The highest BCUT2D eigenvalue weighted by atomic mass is 79.9. The summed E-state index contributed by atoms with van der Waals surface area (Å²) in [7, 11) is -0.119. The Labute approximate surface area is 192 Å². The van der Waals surface area contributed by atoms with E-state index in [4.69, 9.17) is 0 Å². The summed E-state index contributed by atoms with van der Waals surface area (Å²) in [5, 5.41) is 0.